The predicted octanol–water partition coefficient (Wildman–Crippen LogP) is 4.07. The molecule has 1 fully saturated rings. The van der Waals surface area contributed by atoms with E-state index in [4.69, 9.17) is 0 Å². The van der Waals surface area contributed by atoms with Crippen LogP contribution in [0.4, 0.5) is 0 Å². The van der Waals surface area contributed by atoms with Crippen molar-refractivity contribution in [2.75, 3.05) is 13.1 Å². The van der Waals surface area contributed by atoms with Crippen LogP contribution in [0.2, 0.25) is 0 Å². The second-order valence-corrected chi connectivity index (χ2v) is 6.36. The van der Waals surface area contributed by atoms with Gasteiger partial charge in [0.2, 0.25) is 0 Å². The number of fused-ring (bicyclic) bond motifs is 1. The van der Waals surface area contributed by atoms with Crippen molar-refractivity contribution in [3.8, 4) is 11.1 Å². The van der Waals surface area contributed by atoms with Gasteiger partial charge in [0.25, 0.3) is 0 Å². The summed E-state index contributed by atoms with van der Waals surface area (Å²) >= 11 is 0. The van der Waals surface area contributed by atoms with Crippen LogP contribution in [0.3, 0.4) is 0 Å². The molecule has 3 aromatic carbocycles. The highest BCUT2D eigenvalue weighted by Gasteiger charge is 2.21. The number of aliphatic hydroxyl groups excluding tert-OH is 1. The van der Waals surface area contributed by atoms with Gasteiger partial charge in [0.1, 0.15) is 0 Å². The van der Waals surface area contributed by atoms with E-state index in [1.807, 2.05) is 0 Å². The van der Waals surface area contributed by atoms with E-state index in [2.05, 4.69) is 71.6 Å². The third kappa shape index (κ3) is 2.88. The summed E-state index contributed by atoms with van der Waals surface area (Å²) in [6, 6.07) is 23.7. The van der Waals surface area contributed by atoms with Crippen molar-refractivity contribution in [3.05, 3.63) is 72.3 Å². The van der Waals surface area contributed by atoms with E-state index in [0.717, 1.165) is 26.1 Å². The summed E-state index contributed by atoms with van der Waals surface area (Å²) in [5.41, 5.74) is 3.92. The van der Waals surface area contributed by atoms with Crippen LogP contribution in [0.15, 0.2) is 66.7 Å². The number of nitrogens with zero attached hydrogens (tertiary/aromatic N) is 1. The highest BCUT2D eigenvalue weighted by molar-refractivity contribution is 5.98. The molecule has 0 amide bonds. The van der Waals surface area contributed by atoms with Crippen molar-refractivity contribution in [2.24, 2.45) is 0 Å². The molecule has 0 aliphatic carbocycles. The lowest BCUT2D eigenvalue weighted by Crippen LogP contribution is -2.21. The van der Waals surface area contributed by atoms with Crippen molar-refractivity contribution in [1.29, 1.82) is 0 Å². The molecule has 2 heteroatoms. The summed E-state index contributed by atoms with van der Waals surface area (Å²) in [7, 11) is 0. The molecular formula is C21H21NO. The largest absolute Gasteiger partial charge is 0.392 e. The molecule has 1 unspecified atom stereocenters. The van der Waals surface area contributed by atoms with Crippen molar-refractivity contribution in [2.45, 2.75) is 19.1 Å². The Bertz CT molecular complexity index is 812. The fourth-order valence-electron chi connectivity index (χ4n) is 3.59. The van der Waals surface area contributed by atoms with E-state index in [9.17, 15) is 5.11 Å². The lowest BCUT2D eigenvalue weighted by Gasteiger charge is -2.19. The molecule has 1 heterocycles. The molecule has 0 radical (unpaired) electrons. The summed E-state index contributed by atoms with van der Waals surface area (Å²) < 4.78 is 0. The van der Waals surface area contributed by atoms with Crippen LogP contribution in [-0.4, -0.2) is 29.2 Å². The molecule has 4 rings (SSSR count). The second kappa shape index (κ2) is 6.15. The topological polar surface area (TPSA) is 23.5 Å². The second-order valence-electron chi connectivity index (χ2n) is 6.36. The predicted molar refractivity (Wildman–Crippen MR) is 95.3 cm³/mol. The third-order valence-corrected chi connectivity index (χ3v) is 4.72. The first-order valence-corrected chi connectivity index (χ1v) is 8.28. The van der Waals surface area contributed by atoms with Gasteiger partial charge in [-0.1, -0.05) is 66.7 Å². The average molecular weight is 303 g/mol. The Morgan fingerprint density at radius 1 is 0.913 bits per heavy atom. The Labute approximate surface area is 137 Å². The number of hydrogen-bond donors (Lipinski definition) is 1. The number of aliphatic hydroxyl groups is 1. The Balaban J connectivity index is 1.83. The highest BCUT2D eigenvalue weighted by atomic mass is 16.3. The SMILES string of the molecule is OC1CCN(Cc2ccc3ccccc3c2-c2ccccc2)C1. The number of hydrogen-bond acceptors (Lipinski definition) is 2. The van der Waals surface area contributed by atoms with Crippen molar-refractivity contribution in [1.82, 2.24) is 4.90 Å². The van der Waals surface area contributed by atoms with Crippen LogP contribution >= 0.6 is 0 Å². The molecule has 1 N–H and O–H groups in total. The zero-order valence-corrected chi connectivity index (χ0v) is 13.2. The highest BCUT2D eigenvalue weighted by Crippen LogP contribution is 2.33. The maximum Gasteiger partial charge on any atom is 0.0679 e. The maximum atomic E-state index is 9.79. The zero-order valence-electron chi connectivity index (χ0n) is 13.2. The van der Waals surface area contributed by atoms with Gasteiger partial charge in [-0.05, 0) is 33.9 Å². The van der Waals surface area contributed by atoms with Crippen LogP contribution in [0, 0.1) is 0 Å². The lowest BCUT2D eigenvalue weighted by atomic mass is 9.93. The molecule has 1 atom stereocenters. The quantitative estimate of drug-likeness (QED) is 0.788. The Morgan fingerprint density at radius 2 is 1.70 bits per heavy atom. The van der Waals surface area contributed by atoms with Gasteiger partial charge in [0, 0.05) is 19.6 Å². The average Bonchev–Trinajstić information content (AvgIpc) is 3.00. The van der Waals surface area contributed by atoms with Crippen LogP contribution in [0.25, 0.3) is 21.9 Å². The molecule has 0 bridgehead atoms. The van der Waals surface area contributed by atoms with Crippen LogP contribution in [0.1, 0.15) is 12.0 Å². The van der Waals surface area contributed by atoms with Crippen molar-refractivity contribution in [3.63, 3.8) is 0 Å². The van der Waals surface area contributed by atoms with Crippen LogP contribution < -0.4 is 0 Å². The van der Waals surface area contributed by atoms with Crippen molar-refractivity contribution >= 4 is 10.8 Å². The first-order valence-electron chi connectivity index (χ1n) is 8.28. The molecule has 1 aliphatic rings. The molecule has 0 aromatic heterocycles. The summed E-state index contributed by atoms with van der Waals surface area (Å²) in [5.74, 6) is 0. The lowest BCUT2D eigenvalue weighted by molar-refractivity contribution is 0.175. The number of β-amino-alcohol motifs (C(OH)–C–C–N with tert-alkyl or cyclic N) is 1. The fraction of sp³-hybridized carbons (Fsp3) is 0.238. The molecule has 1 saturated heterocycles. The van der Waals surface area contributed by atoms with Gasteiger partial charge >= 0.3 is 0 Å². The molecule has 3 aromatic rings. The number of benzene rings is 3. The smallest absolute Gasteiger partial charge is 0.0679 e. The maximum absolute atomic E-state index is 9.79. The van der Waals surface area contributed by atoms with Gasteiger partial charge in [-0.25, -0.2) is 0 Å². The van der Waals surface area contributed by atoms with E-state index < -0.39 is 0 Å². The number of rotatable bonds is 3. The van der Waals surface area contributed by atoms with Crippen LogP contribution in [-0.2, 0) is 6.54 Å². The van der Waals surface area contributed by atoms with Crippen LogP contribution in [0.5, 0.6) is 0 Å². The Kier molecular flexibility index (Phi) is 3.86. The van der Waals surface area contributed by atoms with Gasteiger partial charge in [0.15, 0.2) is 0 Å². The van der Waals surface area contributed by atoms with Gasteiger partial charge < -0.3 is 5.11 Å². The summed E-state index contributed by atoms with van der Waals surface area (Å²) in [5, 5.41) is 12.4. The summed E-state index contributed by atoms with van der Waals surface area (Å²) in [4.78, 5) is 2.35. The molecule has 2 nitrogen and oxygen atoms in total. The van der Waals surface area contributed by atoms with E-state index in [-0.39, 0.29) is 6.10 Å². The van der Waals surface area contributed by atoms with Gasteiger partial charge in [0.05, 0.1) is 6.10 Å². The molecule has 0 spiro atoms. The number of likely N-dealkylation sites (tertiary alicyclic amines) is 1. The first kappa shape index (κ1) is 14.4. The van der Waals surface area contributed by atoms with Crippen molar-refractivity contribution < 1.29 is 5.11 Å². The third-order valence-electron chi connectivity index (χ3n) is 4.72. The van der Waals surface area contributed by atoms with E-state index in [0.29, 0.717) is 0 Å². The molecule has 1 aliphatic heterocycles. The monoisotopic (exact) mass is 303 g/mol. The minimum Gasteiger partial charge on any atom is -0.392 e. The van der Waals surface area contributed by atoms with E-state index >= 15 is 0 Å². The Morgan fingerprint density at radius 3 is 2.48 bits per heavy atom. The minimum atomic E-state index is -0.171. The zero-order chi connectivity index (χ0) is 15.6. The van der Waals surface area contributed by atoms with Gasteiger partial charge in [-0.15, -0.1) is 0 Å². The molecule has 23 heavy (non-hydrogen) atoms. The summed E-state index contributed by atoms with van der Waals surface area (Å²) in [6.07, 6.45) is 0.712. The summed E-state index contributed by atoms with van der Waals surface area (Å²) in [6.45, 7) is 2.65. The fourth-order valence-corrected chi connectivity index (χ4v) is 3.59. The van der Waals surface area contributed by atoms with Gasteiger partial charge in [-0.2, -0.15) is 0 Å². The van der Waals surface area contributed by atoms with E-state index in [1.54, 1.807) is 0 Å². The Hall–Kier alpha value is -2.16. The molecule has 116 valence electrons. The van der Waals surface area contributed by atoms with Gasteiger partial charge in [-0.3, -0.25) is 4.90 Å². The molecular weight excluding hydrogens is 282 g/mol. The standard InChI is InChI=1S/C21H21NO/c23-19-12-13-22(15-19)14-18-11-10-16-6-4-5-9-20(16)21(18)17-7-2-1-3-8-17/h1-11,19,23H,12-15H2. The van der Waals surface area contributed by atoms with E-state index in [1.165, 1.54) is 27.5 Å². The normalized spacial score (nSPS) is 18.6. The molecule has 0 saturated carbocycles. The minimum absolute atomic E-state index is 0.171. The first-order chi connectivity index (χ1) is 11.3.